The van der Waals surface area contributed by atoms with Crippen LogP contribution in [0.1, 0.15) is 12.0 Å². The van der Waals surface area contributed by atoms with E-state index in [9.17, 15) is 17.2 Å². The minimum atomic E-state index is -3.97. The van der Waals surface area contributed by atoms with Crippen LogP contribution in [0.4, 0.5) is 8.78 Å². The van der Waals surface area contributed by atoms with Crippen LogP contribution in [0.3, 0.4) is 0 Å². The van der Waals surface area contributed by atoms with E-state index in [4.69, 9.17) is 5.14 Å². The monoisotopic (exact) mass is 460 g/mol. The van der Waals surface area contributed by atoms with E-state index < -0.39 is 16.4 Å². The number of hydrogen-bond donors (Lipinski definition) is 1. The average molecular weight is 460 g/mol. The first-order valence-electron chi connectivity index (χ1n) is 3.40. The predicted octanol–water partition coefficient (Wildman–Crippen LogP) is 1.88. The Hall–Kier alpha value is 0.380. The van der Waals surface area contributed by atoms with Crippen molar-refractivity contribution in [1.29, 1.82) is 0 Å². The fourth-order valence-electron chi connectivity index (χ4n) is 0.813. The number of alkyl halides is 2. The van der Waals surface area contributed by atoms with E-state index >= 15 is 0 Å². The van der Waals surface area contributed by atoms with Gasteiger partial charge in [-0.25, -0.2) is 27.3 Å². The van der Waals surface area contributed by atoms with Crippen LogP contribution in [0.2, 0.25) is 0 Å². The maximum Gasteiger partial charge on any atom is 0.266 e. The molecule has 84 valence electrons. The van der Waals surface area contributed by atoms with E-state index in [0.29, 0.717) is 0 Å². The zero-order valence-corrected chi connectivity index (χ0v) is 12.0. The van der Waals surface area contributed by atoms with Crippen molar-refractivity contribution in [2.45, 2.75) is 11.5 Å². The number of halogens is 4. The normalized spacial score (nSPS) is 12.1. The summed E-state index contributed by atoms with van der Waals surface area (Å²) in [5.74, 6) is 0. The highest BCUT2D eigenvalue weighted by Crippen LogP contribution is 2.29. The number of sulfonamides is 1. The molecule has 0 amide bonds. The topological polar surface area (TPSA) is 73.1 Å². The molecule has 0 aliphatic rings. The average Bonchev–Trinajstić information content (AvgIpc) is 2.06. The largest absolute Gasteiger partial charge is 0.266 e. The predicted molar refractivity (Wildman–Crippen MR) is 66.0 cm³/mol. The molecule has 2 N–H and O–H groups in total. The molecule has 9 heteroatoms. The van der Waals surface area contributed by atoms with Gasteiger partial charge in [0.25, 0.3) is 16.4 Å². The molecule has 0 saturated carbocycles. The molecule has 0 saturated heterocycles. The lowest BCUT2D eigenvalue weighted by Gasteiger charge is -2.07. The Kier molecular flexibility index (Phi) is 4.22. The second kappa shape index (κ2) is 4.71. The van der Waals surface area contributed by atoms with E-state index in [1.807, 2.05) is 0 Å². The second-order valence-electron chi connectivity index (χ2n) is 2.49. The Morgan fingerprint density at radius 2 is 1.87 bits per heavy atom. The molecular formula is C6H4F2I2N2O2S. The van der Waals surface area contributed by atoms with Crippen molar-refractivity contribution in [1.82, 2.24) is 4.98 Å². The summed E-state index contributed by atoms with van der Waals surface area (Å²) in [6, 6.07) is 0. The molecule has 1 heterocycles. The van der Waals surface area contributed by atoms with E-state index in [2.05, 4.69) is 4.98 Å². The van der Waals surface area contributed by atoms with Crippen molar-refractivity contribution in [2.24, 2.45) is 5.14 Å². The van der Waals surface area contributed by atoms with Crippen molar-refractivity contribution >= 4 is 55.2 Å². The lowest BCUT2D eigenvalue weighted by Crippen LogP contribution is -2.17. The van der Waals surface area contributed by atoms with Gasteiger partial charge in [-0.1, -0.05) is 0 Å². The summed E-state index contributed by atoms with van der Waals surface area (Å²) < 4.78 is 47.1. The molecule has 0 spiro atoms. The van der Waals surface area contributed by atoms with E-state index in [-0.39, 0.29) is 17.7 Å². The number of aromatic nitrogens is 1. The molecule has 4 nitrogen and oxygen atoms in total. The number of primary sulfonamides is 1. The first-order valence-corrected chi connectivity index (χ1v) is 7.10. The number of pyridine rings is 1. The van der Waals surface area contributed by atoms with Gasteiger partial charge < -0.3 is 0 Å². The van der Waals surface area contributed by atoms with Gasteiger partial charge in [0, 0.05) is 9.77 Å². The summed E-state index contributed by atoms with van der Waals surface area (Å²) in [4.78, 5) is 3.43. The third-order valence-electron chi connectivity index (χ3n) is 1.46. The quantitative estimate of drug-likeness (QED) is 0.686. The molecule has 0 unspecified atom stereocenters. The van der Waals surface area contributed by atoms with Crippen LogP contribution in [0.15, 0.2) is 11.2 Å². The third kappa shape index (κ3) is 2.94. The van der Waals surface area contributed by atoms with Crippen molar-refractivity contribution in [2.75, 3.05) is 0 Å². The van der Waals surface area contributed by atoms with Crippen LogP contribution in [0, 0.1) is 7.14 Å². The second-order valence-corrected chi connectivity index (χ2v) is 6.13. The summed E-state index contributed by atoms with van der Waals surface area (Å²) in [6.45, 7) is 0. The minimum absolute atomic E-state index is 0.119. The number of nitrogens with zero attached hydrogens (tertiary/aromatic N) is 1. The first-order chi connectivity index (χ1) is 6.75. The van der Waals surface area contributed by atoms with Crippen LogP contribution < -0.4 is 5.14 Å². The van der Waals surface area contributed by atoms with Gasteiger partial charge in [0.1, 0.15) is 0 Å². The minimum Gasteiger partial charge on any atom is -0.242 e. The highest BCUT2D eigenvalue weighted by molar-refractivity contribution is 14.1. The maximum absolute atomic E-state index is 12.4. The van der Waals surface area contributed by atoms with Crippen molar-refractivity contribution < 1.29 is 17.2 Å². The Morgan fingerprint density at radius 3 is 2.27 bits per heavy atom. The van der Waals surface area contributed by atoms with Gasteiger partial charge >= 0.3 is 0 Å². The molecule has 0 fully saturated rings. The van der Waals surface area contributed by atoms with Gasteiger partial charge in [-0.05, 0) is 45.2 Å². The maximum atomic E-state index is 12.4. The molecule has 0 aromatic carbocycles. The summed E-state index contributed by atoms with van der Waals surface area (Å²) in [6.07, 6.45) is -1.86. The smallest absolute Gasteiger partial charge is 0.242 e. The molecule has 1 rings (SSSR count). The highest BCUT2D eigenvalue weighted by Gasteiger charge is 2.22. The Bertz CT molecular complexity index is 492. The SMILES string of the molecule is NS(=O)(=O)c1ncc(C(F)F)c(I)c1I. The fraction of sp³-hybridized carbons (Fsp3) is 0.167. The van der Waals surface area contributed by atoms with Gasteiger partial charge in [-0.2, -0.15) is 0 Å². The number of rotatable bonds is 2. The Balaban J connectivity index is 3.48. The zero-order valence-electron chi connectivity index (χ0n) is 6.92. The zero-order chi connectivity index (χ0) is 11.8. The molecule has 0 bridgehead atoms. The van der Waals surface area contributed by atoms with Crippen molar-refractivity contribution in [3.8, 4) is 0 Å². The molecular weight excluding hydrogens is 456 g/mol. The van der Waals surface area contributed by atoms with Crippen molar-refractivity contribution in [3.05, 3.63) is 18.9 Å². The summed E-state index contributed by atoms with van der Waals surface area (Å²) in [5, 5.41) is 4.49. The Labute approximate surface area is 112 Å². The van der Waals surface area contributed by atoms with E-state index in [1.165, 1.54) is 0 Å². The molecule has 15 heavy (non-hydrogen) atoms. The molecule has 0 aliphatic carbocycles. The summed E-state index contributed by atoms with van der Waals surface area (Å²) in [5.41, 5.74) is -0.299. The molecule has 0 atom stereocenters. The highest BCUT2D eigenvalue weighted by atomic mass is 127. The van der Waals surface area contributed by atoms with Gasteiger partial charge in [-0.3, -0.25) is 0 Å². The first kappa shape index (κ1) is 13.4. The van der Waals surface area contributed by atoms with Crippen LogP contribution in [0.25, 0.3) is 0 Å². The molecule has 1 aromatic rings. The number of hydrogen-bond acceptors (Lipinski definition) is 3. The van der Waals surface area contributed by atoms with Crippen LogP contribution >= 0.6 is 45.2 Å². The van der Waals surface area contributed by atoms with Crippen LogP contribution in [0.5, 0.6) is 0 Å². The summed E-state index contributed by atoms with van der Waals surface area (Å²) in [7, 11) is -3.97. The lowest BCUT2D eigenvalue weighted by molar-refractivity contribution is 0.149. The van der Waals surface area contributed by atoms with E-state index in [1.54, 1.807) is 45.2 Å². The summed E-state index contributed by atoms with van der Waals surface area (Å²) >= 11 is 3.26. The van der Waals surface area contributed by atoms with Crippen molar-refractivity contribution in [3.63, 3.8) is 0 Å². The number of nitrogens with two attached hydrogens (primary N) is 1. The lowest BCUT2D eigenvalue weighted by atomic mass is 10.3. The van der Waals surface area contributed by atoms with Gasteiger partial charge in [-0.15, -0.1) is 0 Å². The van der Waals surface area contributed by atoms with Gasteiger partial charge in [0.2, 0.25) is 0 Å². The van der Waals surface area contributed by atoms with Crippen LogP contribution in [-0.2, 0) is 10.0 Å². The molecule has 0 aliphatic heterocycles. The Morgan fingerprint density at radius 1 is 1.33 bits per heavy atom. The van der Waals surface area contributed by atoms with Gasteiger partial charge in [0.15, 0.2) is 5.03 Å². The van der Waals surface area contributed by atoms with Crippen LogP contribution in [-0.4, -0.2) is 13.4 Å². The van der Waals surface area contributed by atoms with E-state index in [0.717, 1.165) is 6.20 Å². The standard InChI is InChI=1S/C6H4F2I2N2O2S/c7-5(8)2-1-12-6(15(11,13)14)4(10)3(2)9/h1,5H,(H2,11,13,14). The fourth-order valence-corrected chi connectivity index (χ4v) is 3.55. The third-order valence-corrected chi connectivity index (χ3v) is 5.92. The molecule has 1 aromatic heterocycles. The molecule has 0 radical (unpaired) electrons. The van der Waals surface area contributed by atoms with Gasteiger partial charge in [0.05, 0.1) is 9.13 Å².